The summed E-state index contributed by atoms with van der Waals surface area (Å²) >= 11 is 0. The van der Waals surface area contributed by atoms with Gasteiger partial charge in [-0.3, -0.25) is 9.59 Å². The second-order valence-electron chi connectivity index (χ2n) is 2.55. The van der Waals surface area contributed by atoms with Gasteiger partial charge in [0.1, 0.15) is 0 Å². The van der Waals surface area contributed by atoms with Gasteiger partial charge >= 0.3 is 0 Å². The Morgan fingerprint density at radius 1 is 1.23 bits per heavy atom. The normalized spacial score (nSPS) is 9.62. The average Bonchev–Trinajstić information content (AvgIpc) is 2.17. The Morgan fingerprint density at radius 2 is 1.77 bits per heavy atom. The van der Waals surface area contributed by atoms with Crippen molar-refractivity contribution in [1.82, 2.24) is 0 Å². The Balaban J connectivity index is 2.92. The molecule has 0 heterocycles. The molecule has 1 aromatic rings. The van der Waals surface area contributed by atoms with Crippen LogP contribution < -0.4 is 5.73 Å². The molecule has 0 fully saturated rings. The highest BCUT2D eigenvalue weighted by Gasteiger charge is 2.10. The predicted molar refractivity (Wildman–Crippen MR) is 45.9 cm³/mol. The van der Waals surface area contributed by atoms with E-state index in [1.165, 1.54) is 12.1 Å². The van der Waals surface area contributed by atoms with Crippen LogP contribution in [0.5, 0.6) is 0 Å². The van der Waals surface area contributed by atoms with E-state index in [0.717, 1.165) is 0 Å². The Hall–Kier alpha value is -1.68. The first-order valence-corrected chi connectivity index (χ1v) is 3.69. The number of carbonyl (C=O) groups is 2. The molecule has 0 radical (unpaired) electrons. The zero-order valence-corrected chi connectivity index (χ0v) is 6.86. The first-order valence-electron chi connectivity index (χ1n) is 3.69. The number of hydrogen-bond donors (Lipinski definition) is 2. The lowest BCUT2D eigenvalue weighted by atomic mass is 10.1. The molecule has 0 saturated heterocycles. The summed E-state index contributed by atoms with van der Waals surface area (Å²) in [5, 5.41) is 8.70. The third-order valence-corrected chi connectivity index (χ3v) is 1.62. The molecule has 4 heteroatoms. The highest BCUT2D eigenvalue weighted by molar-refractivity contribution is 6.42. The van der Waals surface area contributed by atoms with Crippen molar-refractivity contribution in [1.29, 1.82) is 0 Å². The number of aliphatic hydroxyl groups is 1. The van der Waals surface area contributed by atoms with Gasteiger partial charge in [0.25, 0.3) is 5.91 Å². The molecule has 1 aromatic carbocycles. The highest BCUT2D eigenvalue weighted by Crippen LogP contribution is 2.04. The number of ketones is 1. The topological polar surface area (TPSA) is 80.4 Å². The minimum Gasteiger partial charge on any atom is -0.392 e. The van der Waals surface area contributed by atoms with Crippen molar-refractivity contribution in [2.45, 2.75) is 6.61 Å². The molecule has 0 aliphatic carbocycles. The third kappa shape index (κ3) is 2.13. The number of amides is 1. The SMILES string of the molecule is NC(=O)C(=O)c1ccc(CO)cc1. The number of carbonyl (C=O) groups excluding carboxylic acids is 2. The summed E-state index contributed by atoms with van der Waals surface area (Å²) in [5.41, 5.74) is 5.72. The van der Waals surface area contributed by atoms with Gasteiger partial charge in [-0.25, -0.2) is 0 Å². The van der Waals surface area contributed by atoms with Crippen LogP contribution in [0.2, 0.25) is 0 Å². The number of hydrogen-bond acceptors (Lipinski definition) is 3. The zero-order valence-electron chi connectivity index (χ0n) is 6.86. The van der Waals surface area contributed by atoms with Gasteiger partial charge in [-0.15, -0.1) is 0 Å². The number of primary amides is 1. The number of benzene rings is 1. The number of aliphatic hydroxyl groups excluding tert-OH is 1. The highest BCUT2D eigenvalue weighted by atomic mass is 16.3. The molecule has 0 saturated carbocycles. The van der Waals surface area contributed by atoms with Crippen molar-refractivity contribution in [2.75, 3.05) is 0 Å². The molecule has 4 nitrogen and oxygen atoms in total. The average molecular weight is 179 g/mol. The molecule has 1 rings (SSSR count). The number of nitrogens with two attached hydrogens (primary N) is 1. The molecular weight excluding hydrogens is 170 g/mol. The second-order valence-corrected chi connectivity index (χ2v) is 2.55. The van der Waals surface area contributed by atoms with E-state index < -0.39 is 11.7 Å². The Kier molecular flexibility index (Phi) is 2.76. The van der Waals surface area contributed by atoms with E-state index in [2.05, 4.69) is 0 Å². The molecule has 0 atom stereocenters. The Labute approximate surface area is 75.0 Å². The van der Waals surface area contributed by atoms with E-state index in [0.29, 0.717) is 5.56 Å². The molecule has 0 unspecified atom stereocenters. The summed E-state index contributed by atoms with van der Waals surface area (Å²) in [4.78, 5) is 21.5. The van der Waals surface area contributed by atoms with Gasteiger partial charge in [0.05, 0.1) is 6.61 Å². The van der Waals surface area contributed by atoms with Crippen molar-refractivity contribution in [3.63, 3.8) is 0 Å². The van der Waals surface area contributed by atoms with Crippen molar-refractivity contribution >= 4 is 11.7 Å². The van der Waals surface area contributed by atoms with Crippen molar-refractivity contribution in [3.05, 3.63) is 35.4 Å². The third-order valence-electron chi connectivity index (χ3n) is 1.62. The largest absolute Gasteiger partial charge is 0.392 e. The summed E-state index contributed by atoms with van der Waals surface area (Å²) < 4.78 is 0. The lowest BCUT2D eigenvalue weighted by Gasteiger charge is -1.98. The second kappa shape index (κ2) is 3.82. The van der Waals surface area contributed by atoms with Crippen LogP contribution in [0.4, 0.5) is 0 Å². The van der Waals surface area contributed by atoms with E-state index in [1.54, 1.807) is 12.1 Å². The summed E-state index contributed by atoms with van der Waals surface area (Å²) in [6, 6.07) is 6.05. The quantitative estimate of drug-likeness (QED) is 0.500. The van der Waals surface area contributed by atoms with Gasteiger partial charge in [-0.1, -0.05) is 24.3 Å². The number of rotatable bonds is 3. The molecule has 13 heavy (non-hydrogen) atoms. The van der Waals surface area contributed by atoms with Crippen LogP contribution in [0, 0.1) is 0 Å². The molecular formula is C9H9NO3. The van der Waals surface area contributed by atoms with Crippen molar-refractivity contribution < 1.29 is 14.7 Å². The molecule has 68 valence electrons. The predicted octanol–water partition coefficient (Wildman–Crippen LogP) is -0.153. The first-order chi connectivity index (χ1) is 6.15. The van der Waals surface area contributed by atoms with E-state index in [9.17, 15) is 9.59 Å². The maximum Gasteiger partial charge on any atom is 0.289 e. The fourth-order valence-corrected chi connectivity index (χ4v) is 0.904. The van der Waals surface area contributed by atoms with Crippen LogP contribution in [0.25, 0.3) is 0 Å². The van der Waals surface area contributed by atoms with Crippen LogP contribution in [0.1, 0.15) is 15.9 Å². The monoisotopic (exact) mass is 179 g/mol. The maximum atomic E-state index is 11.0. The van der Waals surface area contributed by atoms with E-state index in [1.807, 2.05) is 0 Å². The Bertz CT molecular complexity index is 329. The zero-order chi connectivity index (χ0) is 9.84. The minimum absolute atomic E-state index is 0.0922. The summed E-state index contributed by atoms with van der Waals surface area (Å²) in [7, 11) is 0. The fraction of sp³-hybridized carbons (Fsp3) is 0.111. The molecule has 3 N–H and O–H groups in total. The summed E-state index contributed by atoms with van der Waals surface area (Å²) in [6.45, 7) is -0.0922. The smallest absolute Gasteiger partial charge is 0.289 e. The van der Waals surface area contributed by atoms with E-state index in [4.69, 9.17) is 10.8 Å². The van der Waals surface area contributed by atoms with E-state index >= 15 is 0 Å². The van der Waals surface area contributed by atoms with Gasteiger partial charge in [-0.05, 0) is 5.56 Å². The van der Waals surface area contributed by atoms with Crippen LogP contribution in [0.3, 0.4) is 0 Å². The molecule has 0 aliphatic heterocycles. The van der Waals surface area contributed by atoms with Gasteiger partial charge in [0.15, 0.2) is 0 Å². The van der Waals surface area contributed by atoms with Crippen molar-refractivity contribution in [2.24, 2.45) is 5.73 Å². The van der Waals surface area contributed by atoms with Crippen LogP contribution in [-0.4, -0.2) is 16.8 Å². The van der Waals surface area contributed by atoms with Crippen LogP contribution in [0.15, 0.2) is 24.3 Å². The number of Topliss-reactive ketones (excluding diaryl/α,β-unsaturated/α-hetero) is 1. The van der Waals surface area contributed by atoms with Crippen LogP contribution >= 0.6 is 0 Å². The van der Waals surface area contributed by atoms with Crippen molar-refractivity contribution in [3.8, 4) is 0 Å². The molecule has 0 aromatic heterocycles. The summed E-state index contributed by atoms with van der Waals surface area (Å²) in [5.74, 6) is -1.69. The van der Waals surface area contributed by atoms with Gasteiger partial charge < -0.3 is 10.8 Å². The van der Waals surface area contributed by atoms with Gasteiger partial charge in [-0.2, -0.15) is 0 Å². The Morgan fingerprint density at radius 3 is 2.15 bits per heavy atom. The van der Waals surface area contributed by atoms with Crippen LogP contribution in [-0.2, 0) is 11.4 Å². The molecule has 0 spiro atoms. The maximum absolute atomic E-state index is 11.0. The molecule has 0 aliphatic rings. The standard InChI is InChI=1S/C9H9NO3/c10-9(13)8(12)7-3-1-6(5-11)2-4-7/h1-4,11H,5H2,(H2,10,13). The van der Waals surface area contributed by atoms with Gasteiger partial charge in [0, 0.05) is 5.56 Å². The minimum atomic E-state index is -0.975. The van der Waals surface area contributed by atoms with E-state index in [-0.39, 0.29) is 12.2 Å². The lowest BCUT2D eigenvalue weighted by Crippen LogP contribution is -2.22. The molecule has 0 bridgehead atoms. The summed E-state index contributed by atoms with van der Waals surface area (Å²) in [6.07, 6.45) is 0. The molecule has 1 amide bonds. The van der Waals surface area contributed by atoms with Gasteiger partial charge in [0.2, 0.25) is 5.78 Å². The first kappa shape index (κ1) is 9.41. The fourth-order valence-electron chi connectivity index (χ4n) is 0.904. The lowest BCUT2D eigenvalue weighted by molar-refractivity contribution is -0.114.